The van der Waals surface area contributed by atoms with Crippen molar-refractivity contribution in [2.24, 2.45) is 0 Å². The Morgan fingerprint density at radius 2 is 1.89 bits per heavy atom. The van der Waals surface area contributed by atoms with Crippen molar-refractivity contribution in [2.75, 3.05) is 0 Å². The van der Waals surface area contributed by atoms with E-state index >= 15 is 0 Å². The SMILES string of the molecule is CCc1cc(Cl)ncc1-c1c(Cl)c(CC)nn1CC. The van der Waals surface area contributed by atoms with E-state index in [2.05, 4.69) is 30.9 Å². The first-order valence-corrected chi connectivity index (χ1v) is 7.27. The third-order valence-corrected chi connectivity index (χ3v) is 3.79. The molecule has 0 N–H and O–H groups in total. The van der Waals surface area contributed by atoms with Crippen LogP contribution in [-0.2, 0) is 19.4 Å². The lowest BCUT2D eigenvalue weighted by Gasteiger charge is -2.10. The third-order valence-electron chi connectivity index (χ3n) is 3.19. The molecule has 2 aromatic rings. The van der Waals surface area contributed by atoms with Gasteiger partial charge in [-0.25, -0.2) is 4.98 Å². The van der Waals surface area contributed by atoms with Crippen molar-refractivity contribution in [3.63, 3.8) is 0 Å². The number of halogens is 2. The first-order valence-electron chi connectivity index (χ1n) is 6.52. The minimum atomic E-state index is 0.509. The van der Waals surface area contributed by atoms with Gasteiger partial charge in [0.1, 0.15) is 5.15 Å². The predicted octanol–water partition coefficient (Wildman–Crippen LogP) is 4.40. The molecule has 0 saturated carbocycles. The Morgan fingerprint density at radius 3 is 2.47 bits per heavy atom. The highest BCUT2D eigenvalue weighted by molar-refractivity contribution is 6.34. The monoisotopic (exact) mass is 297 g/mol. The zero-order chi connectivity index (χ0) is 14.0. The maximum absolute atomic E-state index is 6.47. The predicted molar refractivity (Wildman–Crippen MR) is 79.9 cm³/mol. The molecular formula is C14H17Cl2N3. The number of nitrogens with zero attached hydrogens (tertiary/aromatic N) is 3. The van der Waals surface area contributed by atoms with E-state index < -0.39 is 0 Å². The molecule has 0 bridgehead atoms. The Bertz CT molecular complexity index is 591. The van der Waals surface area contributed by atoms with Gasteiger partial charge in [-0.2, -0.15) is 5.10 Å². The van der Waals surface area contributed by atoms with Crippen molar-refractivity contribution >= 4 is 23.2 Å². The van der Waals surface area contributed by atoms with Gasteiger partial charge < -0.3 is 0 Å². The molecule has 5 heteroatoms. The van der Waals surface area contributed by atoms with E-state index in [1.165, 1.54) is 0 Å². The highest BCUT2D eigenvalue weighted by Crippen LogP contribution is 2.34. The summed E-state index contributed by atoms with van der Waals surface area (Å²) in [5.74, 6) is 0. The van der Waals surface area contributed by atoms with Crippen molar-refractivity contribution in [1.29, 1.82) is 0 Å². The van der Waals surface area contributed by atoms with E-state index in [1.54, 1.807) is 6.20 Å². The summed E-state index contributed by atoms with van der Waals surface area (Å²) >= 11 is 12.4. The van der Waals surface area contributed by atoms with Crippen molar-refractivity contribution in [1.82, 2.24) is 14.8 Å². The molecule has 0 aliphatic heterocycles. The number of aryl methyl sites for hydroxylation is 3. The minimum absolute atomic E-state index is 0.509. The van der Waals surface area contributed by atoms with Crippen LogP contribution in [0.3, 0.4) is 0 Å². The van der Waals surface area contributed by atoms with Gasteiger partial charge in [0.15, 0.2) is 0 Å². The van der Waals surface area contributed by atoms with Gasteiger partial charge in [-0.15, -0.1) is 0 Å². The maximum Gasteiger partial charge on any atom is 0.129 e. The van der Waals surface area contributed by atoms with Crippen LogP contribution in [-0.4, -0.2) is 14.8 Å². The second-order valence-corrected chi connectivity index (χ2v) is 5.06. The van der Waals surface area contributed by atoms with E-state index in [0.29, 0.717) is 5.15 Å². The number of rotatable bonds is 4. The molecule has 2 aromatic heterocycles. The average Bonchev–Trinajstić information content (AvgIpc) is 2.75. The van der Waals surface area contributed by atoms with E-state index in [0.717, 1.165) is 46.9 Å². The zero-order valence-corrected chi connectivity index (χ0v) is 12.9. The molecule has 0 saturated heterocycles. The number of hydrogen-bond donors (Lipinski definition) is 0. The summed E-state index contributed by atoms with van der Waals surface area (Å²) in [4.78, 5) is 4.18. The second-order valence-electron chi connectivity index (χ2n) is 4.30. The molecule has 3 nitrogen and oxygen atoms in total. The molecule has 0 amide bonds. The van der Waals surface area contributed by atoms with Crippen molar-refractivity contribution in [2.45, 2.75) is 40.2 Å². The molecule has 19 heavy (non-hydrogen) atoms. The van der Waals surface area contributed by atoms with Crippen LogP contribution in [0.15, 0.2) is 12.3 Å². The normalized spacial score (nSPS) is 11.0. The quantitative estimate of drug-likeness (QED) is 0.783. The summed E-state index contributed by atoms with van der Waals surface area (Å²) in [6.45, 7) is 6.98. The van der Waals surface area contributed by atoms with Crippen molar-refractivity contribution in [3.8, 4) is 11.3 Å². The number of pyridine rings is 1. The molecule has 0 radical (unpaired) electrons. The summed E-state index contributed by atoms with van der Waals surface area (Å²) in [6.07, 6.45) is 3.49. The average molecular weight is 298 g/mol. The Labute approximate surface area is 123 Å². The maximum atomic E-state index is 6.47. The van der Waals surface area contributed by atoms with Gasteiger partial charge in [-0.3, -0.25) is 4.68 Å². The fourth-order valence-electron chi connectivity index (χ4n) is 2.18. The van der Waals surface area contributed by atoms with Gasteiger partial charge in [0.25, 0.3) is 0 Å². The molecule has 102 valence electrons. The van der Waals surface area contributed by atoms with E-state index in [9.17, 15) is 0 Å². The summed E-state index contributed by atoms with van der Waals surface area (Å²) < 4.78 is 1.94. The van der Waals surface area contributed by atoms with Crippen LogP contribution in [0.1, 0.15) is 32.0 Å². The van der Waals surface area contributed by atoms with Gasteiger partial charge in [0, 0.05) is 18.3 Å². The number of aromatic nitrogens is 3. The Kier molecular flexibility index (Phi) is 4.48. The van der Waals surface area contributed by atoms with Crippen LogP contribution in [0.2, 0.25) is 10.2 Å². The fourth-order valence-corrected chi connectivity index (χ4v) is 2.73. The molecule has 2 heterocycles. The molecule has 0 fully saturated rings. The lowest BCUT2D eigenvalue weighted by atomic mass is 10.0. The van der Waals surface area contributed by atoms with Crippen LogP contribution in [0.4, 0.5) is 0 Å². The largest absolute Gasteiger partial charge is 0.263 e. The van der Waals surface area contributed by atoms with E-state index in [1.807, 2.05) is 10.7 Å². The highest BCUT2D eigenvalue weighted by atomic mass is 35.5. The Morgan fingerprint density at radius 1 is 1.16 bits per heavy atom. The lowest BCUT2D eigenvalue weighted by Crippen LogP contribution is -2.02. The second kappa shape index (κ2) is 5.93. The molecule has 0 atom stereocenters. The first kappa shape index (κ1) is 14.4. The number of hydrogen-bond acceptors (Lipinski definition) is 2. The Balaban J connectivity index is 2.67. The Hall–Kier alpha value is -1.06. The van der Waals surface area contributed by atoms with Gasteiger partial charge in [-0.05, 0) is 31.4 Å². The smallest absolute Gasteiger partial charge is 0.129 e. The minimum Gasteiger partial charge on any atom is -0.263 e. The van der Waals surface area contributed by atoms with Crippen LogP contribution in [0.5, 0.6) is 0 Å². The van der Waals surface area contributed by atoms with E-state index in [4.69, 9.17) is 23.2 Å². The molecule has 0 aromatic carbocycles. The van der Waals surface area contributed by atoms with Crippen LogP contribution in [0.25, 0.3) is 11.3 Å². The molecular weight excluding hydrogens is 281 g/mol. The molecule has 2 rings (SSSR count). The molecule has 0 aliphatic carbocycles. The van der Waals surface area contributed by atoms with Crippen molar-refractivity contribution in [3.05, 3.63) is 33.7 Å². The van der Waals surface area contributed by atoms with Crippen LogP contribution in [0, 0.1) is 0 Å². The van der Waals surface area contributed by atoms with E-state index in [-0.39, 0.29) is 0 Å². The van der Waals surface area contributed by atoms with Gasteiger partial charge in [0.05, 0.1) is 16.4 Å². The van der Waals surface area contributed by atoms with Gasteiger partial charge >= 0.3 is 0 Å². The summed E-state index contributed by atoms with van der Waals surface area (Å²) in [7, 11) is 0. The molecule has 0 spiro atoms. The summed E-state index contributed by atoms with van der Waals surface area (Å²) in [5, 5.41) is 5.78. The summed E-state index contributed by atoms with van der Waals surface area (Å²) in [6, 6.07) is 1.89. The van der Waals surface area contributed by atoms with Gasteiger partial charge in [0.2, 0.25) is 0 Å². The summed E-state index contributed by atoms with van der Waals surface area (Å²) in [5.41, 5.74) is 4.03. The van der Waals surface area contributed by atoms with Crippen molar-refractivity contribution < 1.29 is 0 Å². The first-order chi connectivity index (χ1) is 9.12. The molecule has 0 aliphatic rings. The molecule has 0 unspecified atom stereocenters. The highest BCUT2D eigenvalue weighted by Gasteiger charge is 2.18. The topological polar surface area (TPSA) is 30.7 Å². The van der Waals surface area contributed by atoms with Gasteiger partial charge in [-0.1, -0.05) is 37.0 Å². The van der Waals surface area contributed by atoms with Crippen LogP contribution < -0.4 is 0 Å². The third kappa shape index (κ3) is 2.63. The lowest BCUT2D eigenvalue weighted by molar-refractivity contribution is 0.654. The van der Waals surface area contributed by atoms with Crippen LogP contribution >= 0.6 is 23.2 Å². The zero-order valence-electron chi connectivity index (χ0n) is 11.4. The fraction of sp³-hybridized carbons (Fsp3) is 0.429. The standard InChI is InChI=1S/C14H17Cl2N3/c1-4-9-7-12(15)17-8-10(9)14-13(16)11(5-2)18-19(14)6-3/h7-8H,4-6H2,1-3H3.